The van der Waals surface area contributed by atoms with Crippen LogP contribution >= 0.6 is 11.8 Å². The van der Waals surface area contributed by atoms with Gasteiger partial charge >= 0.3 is 0 Å². The zero-order valence-electron chi connectivity index (χ0n) is 21.8. The normalized spacial score (nSPS) is 29.3. The van der Waals surface area contributed by atoms with Crippen LogP contribution in [-0.2, 0) is 20.9 Å². The molecule has 2 bridgehead atoms. The lowest BCUT2D eigenvalue weighted by atomic mass is 9.66. The van der Waals surface area contributed by atoms with E-state index in [2.05, 4.69) is 17.6 Å². The van der Waals surface area contributed by atoms with Gasteiger partial charge < -0.3 is 25.4 Å². The Hall–Kier alpha value is -3.04. The summed E-state index contributed by atoms with van der Waals surface area (Å²) < 4.78 is 4.55. The zero-order chi connectivity index (χ0) is 26.9. The second-order valence-electron chi connectivity index (χ2n) is 10.4. The van der Waals surface area contributed by atoms with Gasteiger partial charge in [0.15, 0.2) is 0 Å². The first-order chi connectivity index (χ1) is 18.4. The molecule has 3 fully saturated rings. The summed E-state index contributed by atoms with van der Waals surface area (Å²) in [6.45, 7) is 2.90. The number of carbonyl (C=O) groups is 3. The SMILES string of the molecule is COc1ccc(NC(=O)C2N(CCCCO)C(=O)[C@@H]3[C@H](C(=O)NCc4ccccc4)[C@@H]4CC(C)C23S4)cc1. The van der Waals surface area contributed by atoms with Crippen molar-refractivity contribution in [1.82, 2.24) is 10.2 Å². The fraction of sp³-hybridized carbons (Fsp3) is 0.483. The number of thioether (sulfide) groups is 1. The summed E-state index contributed by atoms with van der Waals surface area (Å²) in [5.41, 5.74) is 1.63. The van der Waals surface area contributed by atoms with Crippen molar-refractivity contribution in [2.75, 3.05) is 25.6 Å². The van der Waals surface area contributed by atoms with E-state index in [0.717, 1.165) is 12.0 Å². The third-order valence-corrected chi connectivity index (χ3v) is 10.3. The largest absolute Gasteiger partial charge is 0.497 e. The second kappa shape index (κ2) is 11.0. The number of nitrogens with zero attached hydrogens (tertiary/aromatic N) is 1. The van der Waals surface area contributed by atoms with Gasteiger partial charge in [-0.05, 0) is 55.0 Å². The number of hydrogen-bond donors (Lipinski definition) is 3. The van der Waals surface area contributed by atoms with Gasteiger partial charge in [-0.2, -0.15) is 0 Å². The van der Waals surface area contributed by atoms with Crippen molar-refractivity contribution in [3.63, 3.8) is 0 Å². The minimum atomic E-state index is -0.697. The minimum absolute atomic E-state index is 0.00870. The predicted octanol–water partition coefficient (Wildman–Crippen LogP) is 3.06. The van der Waals surface area contributed by atoms with Crippen LogP contribution in [0, 0.1) is 17.8 Å². The van der Waals surface area contributed by atoms with E-state index in [1.807, 2.05) is 30.3 Å². The number of amides is 3. The summed E-state index contributed by atoms with van der Waals surface area (Å²) in [6.07, 6.45) is 1.92. The van der Waals surface area contributed by atoms with Crippen LogP contribution in [0.2, 0.25) is 0 Å². The topological polar surface area (TPSA) is 108 Å². The number of ether oxygens (including phenoxy) is 1. The Labute approximate surface area is 227 Å². The number of fused-ring (bicyclic) bond motifs is 1. The third-order valence-electron chi connectivity index (χ3n) is 8.27. The molecule has 2 aromatic rings. The highest BCUT2D eigenvalue weighted by molar-refractivity contribution is 8.02. The molecule has 6 atom stereocenters. The van der Waals surface area contributed by atoms with E-state index in [9.17, 15) is 19.5 Å². The summed E-state index contributed by atoms with van der Waals surface area (Å²) in [6, 6.07) is 16.1. The maximum atomic E-state index is 14.0. The van der Waals surface area contributed by atoms with E-state index in [4.69, 9.17) is 4.74 Å². The Balaban J connectivity index is 1.43. The number of carbonyl (C=O) groups excluding carboxylic acids is 3. The fourth-order valence-corrected chi connectivity index (χ4v) is 8.96. The highest BCUT2D eigenvalue weighted by Gasteiger charge is 2.75. The predicted molar refractivity (Wildman–Crippen MR) is 147 cm³/mol. The molecular formula is C29H35N3O5S. The van der Waals surface area contributed by atoms with Crippen molar-refractivity contribution in [1.29, 1.82) is 0 Å². The van der Waals surface area contributed by atoms with Crippen molar-refractivity contribution in [3.8, 4) is 5.75 Å². The molecule has 202 valence electrons. The number of hydrogen-bond acceptors (Lipinski definition) is 6. The summed E-state index contributed by atoms with van der Waals surface area (Å²) >= 11 is 1.66. The Morgan fingerprint density at radius 3 is 2.53 bits per heavy atom. The highest BCUT2D eigenvalue weighted by Crippen LogP contribution is 2.68. The number of likely N-dealkylation sites (tertiary alicyclic amines) is 1. The number of rotatable bonds is 10. The number of benzene rings is 2. The van der Waals surface area contributed by atoms with Crippen LogP contribution in [-0.4, -0.2) is 64.0 Å². The summed E-state index contributed by atoms with van der Waals surface area (Å²) in [7, 11) is 1.59. The molecule has 1 spiro atoms. The van der Waals surface area contributed by atoms with Gasteiger partial charge in [-0.25, -0.2) is 0 Å². The molecule has 2 aromatic carbocycles. The second-order valence-corrected chi connectivity index (χ2v) is 12.0. The Bertz CT molecular complexity index is 1180. The van der Waals surface area contributed by atoms with Crippen LogP contribution in [0.1, 0.15) is 31.7 Å². The number of aliphatic hydroxyl groups is 1. The van der Waals surface area contributed by atoms with Crippen molar-refractivity contribution in [2.24, 2.45) is 17.8 Å². The molecule has 0 radical (unpaired) electrons. The molecule has 3 heterocycles. The molecule has 0 saturated carbocycles. The average molecular weight is 538 g/mol. The number of unbranched alkanes of at least 4 members (excludes halogenated alkanes) is 1. The third kappa shape index (κ3) is 4.56. The molecule has 3 aliphatic rings. The monoisotopic (exact) mass is 537 g/mol. The van der Waals surface area contributed by atoms with Gasteiger partial charge in [0.05, 0.1) is 23.7 Å². The molecule has 3 aliphatic heterocycles. The van der Waals surface area contributed by atoms with E-state index in [0.29, 0.717) is 37.4 Å². The van der Waals surface area contributed by atoms with Crippen LogP contribution in [0.25, 0.3) is 0 Å². The molecule has 3 saturated heterocycles. The van der Waals surface area contributed by atoms with Crippen molar-refractivity contribution in [2.45, 2.75) is 48.8 Å². The molecule has 38 heavy (non-hydrogen) atoms. The van der Waals surface area contributed by atoms with Crippen LogP contribution in [0.5, 0.6) is 5.75 Å². The van der Waals surface area contributed by atoms with Gasteiger partial charge in [0.2, 0.25) is 17.7 Å². The maximum absolute atomic E-state index is 14.0. The van der Waals surface area contributed by atoms with Gasteiger partial charge in [0.1, 0.15) is 11.8 Å². The smallest absolute Gasteiger partial charge is 0.248 e. The molecule has 3 unspecified atom stereocenters. The van der Waals surface area contributed by atoms with Crippen molar-refractivity contribution < 1.29 is 24.2 Å². The average Bonchev–Trinajstić information content (AvgIpc) is 3.52. The molecule has 8 nitrogen and oxygen atoms in total. The summed E-state index contributed by atoms with van der Waals surface area (Å²) in [5.74, 6) is -0.737. The molecule has 3 amide bonds. The van der Waals surface area contributed by atoms with E-state index in [1.54, 1.807) is 48.0 Å². The zero-order valence-corrected chi connectivity index (χ0v) is 22.6. The summed E-state index contributed by atoms with van der Waals surface area (Å²) in [4.78, 5) is 43.2. The van der Waals surface area contributed by atoms with Crippen molar-refractivity contribution in [3.05, 3.63) is 60.2 Å². The van der Waals surface area contributed by atoms with E-state index < -0.39 is 22.6 Å². The van der Waals surface area contributed by atoms with Gasteiger partial charge in [-0.3, -0.25) is 14.4 Å². The van der Waals surface area contributed by atoms with Gasteiger partial charge in [0, 0.05) is 30.6 Å². The van der Waals surface area contributed by atoms with Crippen molar-refractivity contribution >= 4 is 35.2 Å². The lowest BCUT2D eigenvalue weighted by molar-refractivity contribution is -0.139. The van der Waals surface area contributed by atoms with Crippen LogP contribution < -0.4 is 15.4 Å². The number of methoxy groups -OCH3 is 1. The van der Waals surface area contributed by atoms with E-state index in [1.165, 1.54) is 0 Å². The fourth-order valence-electron chi connectivity index (χ4n) is 6.54. The van der Waals surface area contributed by atoms with Gasteiger partial charge in [0.25, 0.3) is 0 Å². The summed E-state index contributed by atoms with van der Waals surface area (Å²) in [5, 5.41) is 15.4. The number of aliphatic hydroxyl groups excluding tert-OH is 1. The Kier molecular flexibility index (Phi) is 7.68. The van der Waals surface area contributed by atoms with E-state index in [-0.39, 0.29) is 35.5 Å². The Morgan fingerprint density at radius 2 is 1.84 bits per heavy atom. The molecule has 9 heteroatoms. The lowest BCUT2D eigenvalue weighted by Crippen LogP contribution is -2.55. The molecular weight excluding hydrogens is 502 g/mol. The molecule has 0 aliphatic carbocycles. The van der Waals surface area contributed by atoms with Gasteiger partial charge in [-0.15, -0.1) is 11.8 Å². The first kappa shape index (κ1) is 26.6. The molecule has 3 N–H and O–H groups in total. The molecule has 5 rings (SSSR count). The number of anilines is 1. The maximum Gasteiger partial charge on any atom is 0.248 e. The first-order valence-electron chi connectivity index (χ1n) is 13.3. The number of nitrogens with one attached hydrogen (secondary N) is 2. The van der Waals surface area contributed by atoms with Crippen LogP contribution in [0.4, 0.5) is 5.69 Å². The standard InChI is InChI=1S/C29H35N3O5S/c1-18-16-22-23(26(34)30-17-19-8-4-3-5-9-19)24-28(36)32(14-6-7-15-33)25(29(18,24)38-22)27(35)31-20-10-12-21(37-2)13-11-20/h3-5,8-13,18,22-25,33H,6-7,14-17H2,1-2H3,(H,30,34)(H,31,35)/t18?,22-,23+,24-,25?,29?/m0/s1. The Morgan fingerprint density at radius 1 is 1.11 bits per heavy atom. The minimum Gasteiger partial charge on any atom is -0.497 e. The van der Waals surface area contributed by atoms with E-state index >= 15 is 0 Å². The van der Waals surface area contributed by atoms with Crippen LogP contribution in [0.15, 0.2) is 54.6 Å². The van der Waals surface area contributed by atoms with Gasteiger partial charge in [-0.1, -0.05) is 37.3 Å². The highest BCUT2D eigenvalue weighted by atomic mass is 32.2. The first-order valence-corrected chi connectivity index (χ1v) is 14.1. The lowest BCUT2D eigenvalue weighted by Gasteiger charge is -2.38. The quantitative estimate of drug-likeness (QED) is 0.402. The molecule has 0 aromatic heterocycles. The van der Waals surface area contributed by atoms with Crippen LogP contribution in [0.3, 0.4) is 0 Å².